The molecule has 3 rings (SSSR count). The van der Waals surface area contributed by atoms with E-state index < -0.39 is 0 Å². The minimum atomic E-state index is -0.253. The first-order chi connectivity index (χ1) is 13.1. The molecular formula is C21H23ClN2O3. The topological polar surface area (TPSA) is 58.6 Å². The van der Waals surface area contributed by atoms with Crippen molar-refractivity contribution in [3.63, 3.8) is 0 Å². The van der Waals surface area contributed by atoms with Crippen LogP contribution in [0.15, 0.2) is 48.5 Å². The maximum absolute atomic E-state index is 12.7. The van der Waals surface area contributed by atoms with Crippen LogP contribution in [0.4, 0.5) is 10.5 Å². The lowest BCUT2D eigenvalue weighted by atomic mass is 10.1. The number of urea groups is 1. The number of carbonyl (C=O) groups excluding carboxylic acids is 2. The Labute approximate surface area is 164 Å². The normalized spacial score (nSPS) is 16.2. The summed E-state index contributed by atoms with van der Waals surface area (Å²) >= 11 is 5.96. The summed E-state index contributed by atoms with van der Waals surface area (Å²) in [5.41, 5.74) is 2.65. The third-order valence-corrected chi connectivity index (χ3v) is 4.88. The average molecular weight is 387 g/mol. The van der Waals surface area contributed by atoms with Crippen LogP contribution < -0.4 is 5.32 Å². The standard InChI is InChI=1S/C21H23ClN2O3/c1-2-27-20(25)14-15-5-11-18(12-6-15)23-21(26)24-13-3-4-19(24)16-7-9-17(22)10-8-16/h5-12,19H,2-4,13-14H2,1H3,(H,23,26)/t19-/m0/s1. The highest BCUT2D eigenvalue weighted by Gasteiger charge is 2.29. The predicted molar refractivity (Wildman–Crippen MR) is 106 cm³/mol. The van der Waals surface area contributed by atoms with Crippen molar-refractivity contribution in [1.82, 2.24) is 4.90 Å². The van der Waals surface area contributed by atoms with Gasteiger partial charge < -0.3 is 15.0 Å². The minimum Gasteiger partial charge on any atom is -0.466 e. The SMILES string of the molecule is CCOC(=O)Cc1ccc(NC(=O)N2CCC[C@H]2c2ccc(Cl)cc2)cc1. The van der Waals surface area contributed by atoms with E-state index in [1.165, 1.54) is 0 Å². The van der Waals surface area contributed by atoms with Crippen LogP contribution in [0.25, 0.3) is 0 Å². The molecule has 2 amide bonds. The molecule has 0 bridgehead atoms. The van der Waals surface area contributed by atoms with Gasteiger partial charge in [-0.2, -0.15) is 0 Å². The first-order valence-corrected chi connectivity index (χ1v) is 9.52. The van der Waals surface area contributed by atoms with Gasteiger partial charge in [0.05, 0.1) is 19.1 Å². The molecule has 1 atom stereocenters. The first kappa shape index (κ1) is 19.2. The summed E-state index contributed by atoms with van der Waals surface area (Å²) in [6, 6.07) is 14.9. The van der Waals surface area contributed by atoms with Gasteiger partial charge in [0.25, 0.3) is 0 Å². The number of amides is 2. The van der Waals surface area contributed by atoms with Crippen LogP contribution >= 0.6 is 11.6 Å². The van der Waals surface area contributed by atoms with Crippen LogP contribution in [-0.4, -0.2) is 30.1 Å². The van der Waals surface area contributed by atoms with Crippen LogP contribution in [0, 0.1) is 0 Å². The molecule has 0 aromatic heterocycles. The lowest BCUT2D eigenvalue weighted by Gasteiger charge is -2.25. The molecule has 1 heterocycles. The van der Waals surface area contributed by atoms with Gasteiger partial charge in [0, 0.05) is 17.3 Å². The zero-order valence-corrected chi connectivity index (χ0v) is 16.0. The molecule has 0 spiro atoms. The molecule has 1 saturated heterocycles. The van der Waals surface area contributed by atoms with E-state index in [-0.39, 0.29) is 24.5 Å². The number of rotatable bonds is 5. The van der Waals surface area contributed by atoms with Crippen LogP contribution in [0.3, 0.4) is 0 Å². The van der Waals surface area contributed by atoms with E-state index in [9.17, 15) is 9.59 Å². The number of ether oxygens (including phenoxy) is 1. The van der Waals surface area contributed by atoms with Crippen molar-refractivity contribution < 1.29 is 14.3 Å². The molecule has 5 nitrogen and oxygen atoms in total. The number of anilines is 1. The number of halogens is 1. The molecule has 1 aliphatic rings. The lowest BCUT2D eigenvalue weighted by Crippen LogP contribution is -2.34. The van der Waals surface area contributed by atoms with Gasteiger partial charge in [-0.1, -0.05) is 35.9 Å². The Balaban J connectivity index is 1.62. The largest absolute Gasteiger partial charge is 0.466 e. The van der Waals surface area contributed by atoms with E-state index >= 15 is 0 Å². The Bertz CT molecular complexity index is 790. The van der Waals surface area contributed by atoms with Crippen molar-refractivity contribution in [2.75, 3.05) is 18.5 Å². The number of benzene rings is 2. The third-order valence-electron chi connectivity index (χ3n) is 4.63. The molecule has 27 heavy (non-hydrogen) atoms. The Hall–Kier alpha value is -2.53. The highest BCUT2D eigenvalue weighted by atomic mass is 35.5. The molecule has 6 heteroatoms. The third kappa shape index (κ3) is 5.01. The second-order valence-electron chi connectivity index (χ2n) is 6.51. The Morgan fingerprint density at radius 1 is 1.15 bits per heavy atom. The molecule has 1 aliphatic heterocycles. The molecule has 142 valence electrons. The molecule has 0 unspecified atom stereocenters. The van der Waals surface area contributed by atoms with E-state index in [0.29, 0.717) is 17.3 Å². The zero-order chi connectivity index (χ0) is 19.2. The fourth-order valence-corrected chi connectivity index (χ4v) is 3.45. The van der Waals surface area contributed by atoms with Crippen molar-refractivity contribution in [2.24, 2.45) is 0 Å². The van der Waals surface area contributed by atoms with Gasteiger partial charge in [-0.25, -0.2) is 4.79 Å². The number of hydrogen-bond donors (Lipinski definition) is 1. The van der Waals surface area contributed by atoms with Gasteiger partial charge in [0.1, 0.15) is 0 Å². The molecule has 1 fully saturated rings. The molecule has 0 aliphatic carbocycles. The zero-order valence-electron chi connectivity index (χ0n) is 15.3. The van der Waals surface area contributed by atoms with E-state index in [2.05, 4.69) is 5.32 Å². The van der Waals surface area contributed by atoms with Gasteiger partial charge >= 0.3 is 12.0 Å². The summed E-state index contributed by atoms with van der Waals surface area (Å²) in [6.07, 6.45) is 2.14. The summed E-state index contributed by atoms with van der Waals surface area (Å²) in [5.74, 6) is -0.253. The monoisotopic (exact) mass is 386 g/mol. The van der Waals surface area contributed by atoms with E-state index in [1.54, 1.807) is 19.1 Å². The summed E-state index contributed by atoms with van der Waals surface area (Å²) < 4.78 is 4.95. The lowest BCUT2D eigenvalue weighted by molar-refractivity contribution is -0.142. The van der Waals surface area contributed by atoms with Gasteiger partial charge in [-0.3, -0.25) is 4.79 Å². The molecule has 2 aromatic carbocycles. The quantitative estimate of drug-likeness (QED) is 0.750. The molecular weight excluding hydrogens is 364 g/mol. The number of nitrogens with zero attached hydrogens (tertiary/aromatic N) is 1. The molecule has 2 aromatic rings. The number of nitrogens with one attached hydrogen (secondary N) is 1. The van der Waals surface area contributed by atoms with E-state index in [0.717, 1.165) is 30.5 Å². The van der Waals surface area contributed by atoms with Crippen LogP contribution in [0.2, 0.25) is 5.02 Å². The highest BCUT2D eigenvalue weighted by molar-refractivity contribution is 6.30. The van der Waals surface area contributed by atoms with Gasteiger partial charge in [-0.05, 0) is 55.2 Å². The molecule has 0 radical (unpaired) electrons. The average Bonchev–Trinajstić information content (AvgIpc) is 3.14. The van der Waals surface area contributed by atoms with Crippen molar-refractivity contribution in [3.8, 4) is 0 Å². The van der Waals surface area contributed by atoms with Crippen molar-refractivity contribution in [3.05, 3.63) is 64.7 Å². The fraction of sp³-hybridized carbons (Fsp3) is 0.333. The van der Waals surface area contributed by atoms with E-state index in [4.69, 9.17) is 16.3 Å². The summed E-state index contributed by atoms with van der Waals surface area (Å²) in [5, 5.41) is 3.64. The summed E-state index contributed by atoms with van der Waals surface area (Å²) in [7, 11) is 0. The summed E-state index contributed by atoms with van der Waals surface area (Å²) in [6.45, 7) is 2.88. The summed E-state index contributed by atoms with van der Waals surface area (Å²) in [4.78, 5) is 26.1. The number of likely N-dealkylation sites (tertiary alicyclic amines) is 1. The highest BCUT2D eigenvalue weighted by Crippen LogP contribution is 2.33. The van der Waals surface area contributed by atoms with Crippen molar-refractivity contribution >= 4 is 29.3 Å². The van der Waals surface area contributed by atoms with Gasteiger partial charge in [0.15, 0.2) is 0 Å². The maximum Gasteiger partial charge on any atom is 0.322 e. The maximum atomic E-state index is 12.7. The second kappa shape index (κ2) is 8.91. The Kier molecular flexibility index (Phi) is 6.35. The fourth-order valence-electron chi connectivity index (χ4n) is 3.32. The van der Waals surface area contributed by atoms with Gasteiger partial charge in [0.2, 0.25) is 0 Å². The smallest absolute Gasteiger partial charge is 0.322 e. The van der Waals surface area contributed by atoms with E-state index in [1.807, 2.05) is 41.3 Å². The van der Waals surface area contributed by atoms with Crippen LogP contribution in [-0.2, 0) is 16.0 Å². The molecule has 0 saturated carbocycles. The first-order valence-electron chi connectivity index (χ1n) is 9.14. The second-order valence-corrected chi connectivity index (χ2v) is 6.95. The Morgan fingerprint density at radius 3 is 2.52 bits per heavy atom. The number of hydrogen-bond acceptors (Lipinski definition) is 3. The number of esters is 1. The van der Waals surface area contributed by atoms with Crippen LogP contribution in [0.5, 0.6) is 0 Å². The number of carbonyl (C=O) groups is 2. The van der Waals surface area contributed by atoms with Crippen molar-refractivity contribution in [1.29, 1.82) is 0 Å². The Morgan fingerprint density at radius 2 is 1.85 bits per heavy atom. The van der Waals surface area contributed by atoms with Crippen LogP contribution in [0.1, 0.15) is 36.9 Å². The molecule has 1 N–H and O–H groups in total. The van der Waals surface area contributed by atoms with Crippen molar-refractivity contribution in [2.45, 2.75) is 32.2 Å². The minimum absolute atomic E-state index is 0.0605. The van der Waals surface area contributed by atoms with Gasteiger partial charge in [-0.15, -0.1) is 0 Å². The predicted octanol–water partition coefficient (Wildman–Crippen LogP) is 4.81.